The number of benzene rings is 2. The summed E-state index contributed by atoms with van der Waals surface area (Å²) >= 11 is 18.6. The van der Waals surface area contributed by atoms with Gasteiger partial charge in [0.05, 0.1) is 15.7 Å². The Kier molecular flexibility index (Phi) is 6.04. The fourth-order valence-corrected chi connectivity index (χ4v) is 4.26. The Labute approximate surface area is 184 Å². The summed E-state index contributed by atoms with van der Waals surface area (Å²) in [5.41, 5.74) is 2.29. The van der Waals surface area contributed by atoms with Crippen molar-refractivity contribution in [1.29, 1.82) is 0 Å². The van der Waals surface area contributed by atoms with E-state index in [9.17, 15) is 4.79 Å². The Morgan fingerprint density at radius 2 is 1.69 bits per heavy atom. The van der Waals surface area contributed by atoms with Gasteiger partial charge in [0.25, 0.3) is 5.91 Å². The monoisotopic (exact) mass is 448 g/mol. The van der Waals surface area contributed by atoms with E-state index in [1.54, 1.807) is 36.4 Å². The molecule has 1 aromatic heterocycles. The van der Waals surface area contributed by atoms with Crippen LogP contribution < -0.4 is 10.2 Å². The highest BCUT2D eigenvalue weighted by Crippen LogP contribution is 2.33. The van der Waals surface area contributed by atoms with Gasteiger partial charge >= 0.3 is 0 Å². The molecule has 0 bridgehead atoms. The van der Waals surface area contributed by atoms with Crippen LogP contribution in [0.5, 0.6) is 0 Å². The molecular formula is C22H19Cl3N2O2. The molecule has 0 aliphatic carbocycles. The lowest BCUT2D eigenvalue weighted by atomic mass is 10.1. The molecule has 1 aliphatic rings. The van der Waals surface area contributed by atoms with Crippen molar-refractivity contribution in [3.8, 4) is 11.3 Å². The highest BCUT2D eigenvalue weighted by Gasteiger charge is 2.17. The average molecular weight is 450 g/mol. The average Bonchev–Trinajstić information content (AvgIpc) is 3.19. The number of rotatable bonds is 4. The van der Waals surface area contributed by atoms with Gasteiger partial charge < -0.3 is 14.6 Å². The van der Waals surface area contributed by atoms with Crippen LogP contribution in [0.25, 0.3) is 11.3 Å². The number of carbonyl (C=O) groups excluding carboxylic acids is 1. The number of nitrogens with zero attached hydrogens (tertiary/aromatic N) is 1. The van der Waals surface area contributed by atoms with Crippen LogP contribution in [0.4, 0.5) is 11.4 Å². The Bertz CT molecular complexity index is 1040. The molecule has 1 fully saturated rings. The Balaban J connectivity index is 1.48. The van der Waals surface area contributed by atoms with E-state index in [4.69, 9.17) is 39.2 Å². The van der Waals surface area contributed by atoms with Gasteiger partial charge in [0, 0.05) is 29.4 Å². The minimum absolute atomic E-state index is 0.183. The zero-order valence-electron chi connectivity index (χ0n) is 15.6. The van der Waals surface area contributed by atoms with Gasteiger partial charge in [-0.05, 0) is 67.8 Å². The lowest BCUT2D eigenvalue weighted by molar-refractivity contribution is 0.0997. The fraction of sp³-hybridized carbons (Fsp3) is 0.227. The Morgan fingerprint density at radius 1 is 0.897 bits per heavy atom. The highest BCUT2D eigenvalue weighted by molar-refractivity contribution is 6.36. The number of piperidine rings is 1. The molecular weight excluding hydrogens is 431 g/mol. The van der Waals surface area contributed by atoms with E-state index in [0.717, 1.165) is 18.8 Å². The third kappa shape index (κ3) is 4.55. The van der Waals surface area contributed by atoms with Crippen molar-refractivity contribution >= 4 is 52.1 Å². The summed E-state index contributed by atoms with van der Waals surface area (Å²) in [5.74, 6) is 0.320. The largest absolute Gasteiger partial charge is 0.451 e. The molecule has 150 valence electrons. The second kappa shape index (κ2) is 8.70. The maximum Gasteiger partial charge on any atom is 0.291 e. The van der Waals surface area contributed by atoms with E-state index in [1.165, 1.54) is 19.3 Å². The van der Waals surface area contributed by atoms with E-state index in [-0.39, 0.29) is 11.7 Å². The summed E-state index contributed by atoms with van der Waals surface area (Å²) in [5, 5.41) is 4.44. The minimum atomic E-state index is -0.358. The van der Waals surface area contributed by atoms with E-state index < -0.39 is 0 Å². The molecule has 7 heteroatoms. The first kappa shape index (κ1) is 20.1. The van der Waals surface area contributed by atoms with Crippen molar-refractivity contribution in [2.75, 3.05) is 23.3 Å². The summed E-state index contributed by atoms with van der Waals surface area (Å²) in [7, 11) is 0. The highest BCUT2D eigenvalue weighted by atomic mass is 35.5. The van der Waals surface area contributed by atoms with Crippen LogP contribution in [-0.4, -0.2) is 19.0 Å². The van der Waals surface area contributed by atoms with Gasteiger partial charge in [-0.15, -0.1) is 0 Å². The van der Waals surface area contributed by atoms with E-state index in [0.29, 0.717) is 32.1 Å². The van der Waals surface area contributed by atoms with Gasteiger partial charge in [0.2, 0.25) is 0 Å². The van der Waals surface area contributed by atoms with Crippen LogP contribution in [-0.2, 0) is 0 Å². The van der Waals surface area contributed by atoms with Gasteiger partial charge in [0.1, 0.15) is 5.76 Å². The maximum absolute atomic E-state index is 12.6. The van der Waals surface area contributed by atoms with Crippen molar-refractivity contribution in [2.45, 2.75) is 19.3 Å². The third-order valence-corrected chi connectivity index (χ3v) is 5.78. The summed E-state index contributed by atoms with van der Waals surface area (Å²) in [6.07, 6.45) is 3.61. The first-order valence-electron chi connectivity index (χ1n) is 9.42. The topological polar surface area (TPSA) is 45.5 Å². The number of carbonyl (C=O) groups is 1. The zero-order chi connectivity index (χ0) is 20.4. The number of amides is 1. The second-order valence-electron chi connectivity index (χ2n) is 6.96. The van der Waals surface area contributed by atoms with Crippen LogP contribution in [0.15, 0.2) is 52.9 Å². The van der Waals surface area contributed by atoms with Crippen LogP contribution >= 0.6 is 34.8 Å². The number of nitrogens with one attached hydrogen (secondary N) is 1. The smallest absolute Gasteiger partial charge is 0.291 e. The Morgan fingerprint density at radius 3 is 2.41 bits per heavy atom. The van der Waals surface area contributed by atoms with Crippen LogP contribution in [0.3, 0.4) is 0 Å². The fourth-order valence-electron chi connectivity index (χ4n) is 3.46. The molecule has 0 saturated carbocycles. The van der Waals surface area contributed by atoms with Crippen molar-refractivity contribution in [2.24, 2.45) is 0 Å². The van der Waals surface area contributed by atoms with Crippen molar-refractivity contribution in [3.63, 3.8) is 0 Å². The number of hydrogen-bond donors (Lipinski definition) is 1. The van der Waals surface area contributed by atoms with E-state index in [2.05, 4.69) is 10.2 Å². The molecule has 4 rings (SSSR count). The summed E-state index contributed by atoms with van der Waals surface area (Å²) in [6, 6.07) is 14.0. The molecule has 3 aromatic rings. The molecule has 29 heavy (non-hydrogen) atoms. The quantitative estimate of drug-likeness (QED) is 0.460. The SMILES string of the molecule is O=C(Nc1ccc(N2CCCCC2)c(Cl)c1)c1ccc(-c2ccc(Cl)cc2Cl)o1. The van der Waals surface area contributed by atoms with Crippen LogP contribution in [0.1, 0.15) is 29.8 Å². The van der Waals surface area contributed by atoms with E-state index in [1.807, 2.05) is 12.1 Å². The first-order valence-corrected chi connectivity index (χ1v) is 10.6. The van der Waals surface area contributed by atoms with Crippen molar-refractivity contribution in [3.05, 3.63) is 69.4 Å². The summed E-state index contributed by atoms with van der Waals surface area (Å²) in [6.45, 7) is 2.02. The molecule has 1 amide bonds. The predicted molar refractivity (Wildman–Crippen MR) is 120 cm³/mol. The number of furan rings is 1. The maximum atomic E-state index is 12.6. The molecule has 0 unspecified atom stereocenters. The summed E-state index contributed by atoms with van der Waals surface area (Å²) in [4.78, 5) is 14.9. The summed E-state index contributed by atoms with van der Waals surface area (Å²) < 4.78 is 5.69. The van der Waals surface area contributed by atoms with Gasteiger partial charge in [-0.2, -0.15) is 0 Å². The second-order valence-corrected chi connectivity index (χ2v) is 8.21. The lowest BCUT2D eigenvalue weighted by Gasteiger charge is -2.29. The predicted octanol–water partition coefficient (Wildman–Crippen LogP) is 7.15. The number of anilines is 2. The first-order chi connectivity index (χ1) is 14.0. The van der Waals surface area contributed by atoms with Crippen LogP contribution in [0, 0.1) is 0 Å². The molecule has 0 spiro atoms. The zero-order valence-corrected chi connectivity index (χ0v) is 17.8. The molecule has 4 nitrogen and oxygen atoms in total. The van der Waals surface area contributed by atoms with Gasteiger partial charge in [-0.25, -0.2) is 0 Å². The lowest BCUT2D eigenvalue weighted by Crippen LogP contribution is -2.29. The molecule has 1 aliphatic heterocycles. The molecule has 0 radical (unpaired) electrons. The number of halogens is 3. The van der Waals surface area contributed by atoms with Crippen molar-refractivity contribution < 1.29 is 9.21 Å². The third-order valence-electron chi connectivity index (χ3n) is 4.93. The molecule has 1 N–H and O–H groups in total. The van der Waals surface area contributed by atoms with E-state index >= 15 is 0 Å². The van der Waals surface area contributed by atoms with Crippen molar-refractivity contribution in [1.82, 2.24) is 0 Å². The van der Waals surface area contributed by atoms with Crippen LogP contribution in [0.2, 0.25) is 15.1 Å². The number of hydrogen-bond acceptors (Lipinski definition) is 3. The minimum Gasteiger partial charge on any atom is -0.451 e. The molecule has 1 saturated heterocycles. The van der Waals surface area contributed by atoms with Gasteiger partial charge in [-0.3, -0.25) is 4.79 Å². The van der Waals surface area contributed by atoms with Gasteiger partial charge in [0.15, 0.2) is 5.76 Å². The Hall–Kier alpha value is -2.14. The molecule has 2 heterocycles. The molecule has 0 atom stereocenters. The standard InChI is InChI=1S/C22H19Cl3N2O2/c23-14-4-6-16(17(24)12-14)20-8-9-21(29-20)22(28)26-15-5-7-19(18(25)13-15)27-10-2-1-3-11-27/h4-9,12-13H,1-3,10-11H2,(H,26,28). The van der Waals surface area contributed by atoms with Gasteiger partial charge in [-0.1, -0.05) is 34.8 Å². The molecule has 2 aromatic carbocycles. The normalized spacial score (nSPS) is 14.1.